The molecule has 0 radical (unpaired) electrons. The number of para-hydroxylation sites is 1. The number of likely N-dealkylation sites (tertiary alicyclic amines) is 1. The number of carbonyl (C=O) groups excluding carboxylic acids is 1. The molecular weight excluding hydrogens is 322 g/mol. The van der Waals surface area contributed by atoms with Gasteiger partial charge in [-0.3, -0.25) is 4.79 Å². The van der Waals surface area contributed by atoms with Gasteiger partial charge in [-0.05, 0) is 41.2 Å². The Labute approximate surface area is 157 Å². The van der Waals surface area contributed by atoms with Crippen molar-refractivity contribution in [2.24, 2.45) is 0 Å². The van der Waals surface area contributed by atoms with Gasteiger partial charge in [-0.25, -0.2) is 0 Å². The number of rotatable bonds is 5. The van der Waals surface area contributed by atoms with Crippen molar-refractivity contribution in [2.75, 3.05) is 13.1 Å². The molecule has 0 N–H and O–H groups in total. The van der Waals surface area contributed by atoms with Gasteiger partial charge in [0, 0.05) is 5.56 Å². The molecule has 3 heteroatoms. The Bertz CT molecular complexity index is 753. The molecule has 138 valence electrons. The van der Waals surface area contributed by atoms with Crippen molar-refractivity contribution in [3.63, 3.8) is 0 Å². The first-order chi connectivity index (χ1) is 12.4. The van der Waals surface area contributed by atoms with Crippen LogP contribution in [0.4, 0.5) is 0 Å². The molecule has 3 rings (SSSR count). The quantitative estimate of drug-likeness (QED) is 0.771. The first-order valence-corrected chi connectivity index (χ1v) is 9.53. The normalized spacial score (nSPS) is 14.8. The van der Waals surface area contributed by atoms with Crippen molar-refractivity contribution in [1.29, 1.82) is 0 Å². The minimum Gasteiger partial charge on any atom is -0.486 e. The predicted octanol–water partition coefficient (Wildman–Crippen LogP) is 4.84. The average Bonchev–Trinajstić information content (AvgIpc) is 2.57. The predicted molar refractivity (Wildman–Crippen MR) is 106 cm³/mol. The standard InChI is InChI=1S/C23H29NO2/c1-5-8-17-11-13-18(14-12-17)22(25)24-15-19(16-24)26-21-10-7-6-9-20(21)23(2,3)4/h6-7,9-14,19H,5,8,15-16H2,1-4H3. The van der Waals surface area contributed by atoms with Gasteiger partial charge in [0.25, 0.3) is 5.91 Å². The molecule has 26 heavy (non-hydrogen) atoms. The fraction of sp³-hybridized carbons (Fsp3) is 0.435. The van der Waals surface area contributed by atoms with Crippen molar-refractivity contribution >= 4 is 5.91 Å². The molecule has 0 atom stereocenters. The summed E-state index contributed by atoms with van der Waals surface area (Å²) >= 11 is 0. The summed E-state index contributed by atoms with van der Waals surface area (Å²) in [6.07, 6.45) is 2.25. The van der Waals surface area contributed by atoms with Crippen LogP contribution in [0.5, 0.6) is 5.75 Å². The molecule has 1 amide bonds. The van der Waals surface area contributed by atoms with E-state index in [1.807, 2.05) is 35.2 Å². The van der Waals surface area contributed by atoms with Gasteiger partial charge in [0.05, 0.1) is 13.1 Å². The molecule has 3 nitrogen and oxygen atoms in total. The second-order valence-electron chi connectivity index (χ2n) is 8.14. The second kappa shape index (κ2) is 7.53. The molecule has 0 aliphatic carbocycles. The molecule has 0 bridgehead atoms. The Morgan fingerprint density at radius 3 is 2.35 bits per heavy atom. The van der Waals surface area contributed by atoms with Crippen LogP contribution in [-0.2, 0) is 11.8 Å². The number of hydrogen-bond donors (Lipinski definition) is 0. The summed E-state index contributed by atoms with van der Waals surface area (Å²) < 4.78 is 6.18. The summed E-state index contributed by atoms with van der Waals surface area (Å²) in [4.78, 5) is 14.5. The number of ether oxygens (including phenoxy) is 1. The van der Waals surface area contributed by atoms with Crippen LogP contribution >= 0.6 is 0 Å². The van der Waals surface area contributed by atoms with E-state index in [4.69, 9.17) is 4.74 Å². The molecule has 0 aromatic heterocycles. The molecular formula is C23H29NO2. The summed E-state index contributed by atoms with van der Waals surface area (Å²) in [5.41, 5.74) is 3.29. The van der Waals surface area contributed by atoms with Crippen LogP contribution in [0.25, 0.3) is 0 Å². The van der Waals surface area contributed by atoms with Gasteiger partial charge in [0.1, 0.15) is 11.9 Å². The lowest BCUT2D eigenvalue weighted by molar-refractivity contribution is 0.0171. The third kappa shape index (κ3) is 4.09. The van der Waals surface area contributed by atoms with Gasteiger partial charge in [-0.15, -0.1) is 0 Å². The lowest BCUT2D eigenvalue weighted by Crippen LogP contribution is -2.56. The molecule has 0 saturated carbocycles. The third-order valence-electron chi connectivity index (χ3n) is 4.86. The highest BCUT2D eigenvalue weighted by atomic mass is 16.5. The topological polar surface area (TPSA) is 29.5 Å². The summed E-state index contributed by atoms with van der Waals surface area (Å²) in [6, 6.07) is 16.2. The van der Waals surface area contributed by atoms with Gasteiger partial charge in [0.15, 0.2) is 0 Å². The highest BCUT2D eigenvalue weighted by molar-refractivity contribution is 5.94. The van der Waals surface area contributed by atoms with Crippen LogP contribution in [0, 0.1) is 0 Å². The number of aryl methyl sites for hydroxylation is 1. The van der Waals surface area contributed by atoms with Gasteiger partial charge in [0.2, 0.25) is 0 Å². The highest BCUT2D eigenvalue weighted by Gasteiger charge is 2.33. The Hall–Kier alpha value is -2.29. The van der Waals surface area contributed by atoms with E-state index >= 15 is 0 Å². The van der Waals surface area contributed by atoms with Crippen molar-refractivity contribution in [2.45, 2.75) is 52.1 Å². The Morgan fingerprint density at radius 2 is 1.73 bits per heavy atom. The Morgan fingerprint density at radius 1 is 1.08 bits per heavy atom. The van der Waals surface area contributed by atoms with E-state index < -0.39 is 0 Å². The van der Waals surface area contributed by atoms with E-state index in [0.29, 0.717) is 13.1 Å². The van der Waals surface area contributed by atoms with Crippen molar-refractivity contribution < 1.29 is 9.53 Å². The number of benzene rings is 2. The lowest BCUT2D eigenvalue weighted by atomic mass is 9.86. The molecule has 0 spiro atoms. The SMILES string of the molecule is CCCc1ccc(C(=O)N2CC(Oc3ccccc3C(C)(C)C)C2)cc1. The highest BCUT2D eigenvalue weighted by Crippen LogP contribution is 2.32. The summed E-state index contributed by atoms with van der Waals surface area (Å²) in [6.45, 7) is 10.0. The maximum absolute atomic E-state index is 12.6. The van der Waals surface area contributed by atoms with E-state index in [9.17, 15) is 4.79 Å². The summed E-state index contributed by atoms with van der Waals surface area (Å²) in [5, 5.41) is 0. The Balaban J connectivity index is 1.58. The van der Waals surface area contributed by atoms with Crippen LogP contribution in [0.2, 0.25) is 0 Å². The van der Waals surface area contributed by atoms with E-state index in [0.717, 1.165) is 24.2 Å². The van der Waals surface area contributed by atoms with Crippen LogP contribution in [0.3, 0.4) is 0 Å². The maximum Gasteiger partial charge on any atom is 0.254 e. The van der Waals surface area contributed by atoms with E-state index in [-0.39, 0.29) is 17.4 Å². The van der Waals surface area contributed by atoms with E-state index in [1.165, 1.54) is 11.1 Å². The van der Waals surface area contributed by atoms with Crippen molar-refractivity contribution in [1.82, 2.24) is 4.90 Å². The maximum atomic E-state index is 12.6. The molecule has 2 aromatic rings. The number of hydrogen-bond acceptors (Lipinski definition) is 2. The smallest absolute Gasteiger partial charge is 0.254 e. The minimum absolute atomic E-state index is 0.0378. The monoisotopic (exact) mass is 351 g/mol. The van der Waals surface area contributed by atoms with Gasteiger partial charge in [-0.1, -0.05) is 64.4 Å². The largest absolute Gasteiger partial charge is 0.486 e. The zero-order valence-corrected chi connectivity index (χ0v) is 16.3. The number of amides is 1. The molecule has 1 saturated heterocycles. The van der Waals surface area contributed by atoms with E-state index in [1.54, 1.807) is 0 Å². The molecule has 1 heterocycles. The molecule has 1 fully saturated rings. The molecule has 1 aliphatic rings. The fourth-order valence-corrected chi connectivity index (χ4v) is 3.33. The minimum atomic E-state index is 0.0378. The molecule has 0 unspecified atom stereocenters. The van der Waals surface area contributed by atoms with Crippen LogP contribution in [0.1, 0.15) is 55.6 Å². The van der Waals surface area contributed by atoms with E-state index in [2.05, 4.69) is 45.9 Å². The van der Waals surface area contributed by atoms with Crippen molar-refractivity contribution in [3.8, 4) is 5.75 Å². The first kappa shape index (κ1) is 18.5. The van der Waals surface area contributed by atoms with Crippen molar-refractivity contribution in [3.05, 3.63) is 65.2 Å². The van der Waals surface area contributed by atoms with Crippen LogP contribution < -0.4 is 4.74 Å². The van der Waals surface area contributed by atoms with Crippen LogP contribution in [-0.4, -0.2) is 30.0 Å². The zero-order chi connectivity index (χ0) is 18.7. The zero-order valence-electron chi connectivity index (χ0n) is 16.3. The number of carbonyl (C=O) groups is 1. The van der Waals surface area contributed by atoms with Crippen LogP contribution in [0.15, 0.2) is 48.5 Å². The molecule has 1 aliphatic heterocycles. The Kier molecular flexibility index (Phi) is 5.36. The fourth-order valence-electron chi connectivity index (χ4n) is 3.33. The first-order valence-electron chi connectivity index (χ1n) is 9.53. The summed E-state index contributed by atoms with van der Waals surface area (Å²) in [5.74, 6) is 1.03. The lowest BCUT2D eigenvalue weighted by Gasteiger charge is -2.40. The molecule has 2 aromatic carbocycles. The summed E-state index contributed by atoms with van der Waals surface area (Å²) in [7, 11) is 0. The number of nitrogens with zero attached hydrogens (tertiary/aromatic N) is 1. The second-order valence-corrected chi connectivity index (χ2v) is 8.14. The van der Waals surface area contributed by atoms with Gasteiger partial charge < -0.3 is 9.64 Å². The third-order valence-corrected chi connectivity index (χ3v) is 4.86. The van der Waals surface area contributed by atoms with Gasteiger partial charge in [-0.2, -0.15) is 0 Å². The van der Waals surface area contributed by atoms with Gasteiger partial charge >= 0.3 is 0 Å². The average molecular weight is 351 g/mol.